The van der Waals surface area contributed by atoms with Crippen LogP contribution in [0.25, 0.3) is 21.9 Å². The lowest BCUT2D eigenvalue weighted by atomic mass is 10.0. The number of nitrogens with zero attached hydrogens (tertiary/aromatic N) is 3. The van der Waals surface area contributed by atoms with Gasteiger partial charge >= 0.3 is 0 Å². The Kier molecular flexibility index (Phi) is 2.45. The van der Waals surface area contributed by atoms with Gasteiger partial charge in [0.2, 0.25) is 0 Å². The lowest BCUT2D eigenvalue weighted by Crippen LogP contribution is -2.03. The monoisotopic (exact) mass is 238 g/mol. The molecule has 0 saturated heterocycles. The van der Waals surface area contributed by atoms with Crippen LogP contribution in [0.1, 0.15) is 17.0 Å². The zero-order valence-corrected chi connectivity index (χ0v) is 10.4. The van der Waals surface area contributed by atoms with E-state index in [1.807, 2.05) is 0 Å². The van der Waals surface area contributed by atoms with E-state index in [4.69, 9.17) is 5.73 Å². The molecule has 2 N–H and O–H groups in total. The number of hydrogen-bond donors (Lipinski definition) is 1. The van der Waals surface area contributed by atoms with Gasteiger partial charge < -0.3 is 5.73 Å². The summed E-state index contributed by atoms with van der Waals surface area (Å²) in [6.07, 6.45) is 1.78. The molecule has 4 heteroatoms. The van der Waals surface area contributed by atoms with Crippen LogP contribution in [0.3, 0.4) is 0 Å². The third-order valence-corrected chi connectivity index (χ3v) is 3.29. The fourth-order valence-electron chi connectivity index (χ4n) is 2.07. The number of pyridine rings is 1. The van der Waals surface area contributed by atoms with Crippen molar-refractivity contribution < 1.29 is 0 Å². The molecule has 18 heavy (non-hydrogen) atoms. The third kappa shape index (κ3) is 1.62. The average Bonchev–Trinajstić information content (AvgIpc) is 2.41. The lowest BCUT2D eigenvalue weighted by Gasteiger charge is -2.06. The number of hydrogen-bond acceptors (Lipinski definition) is 4. The normalized spacial score (nSPS) is 11.3. The van der Waals surface area contributed by atoms with Crippen molar-refractivity contribution in [2.24, 2.45) is 5.73 Å². The van der Waals surface area contributed by atoms with E-state index in [9.17, 15) is 0 Å². The predicted molar refractivity (Wildman–Crippen MR) is 72.2 cm³/mol. The molecule has 3 aromatic rings. The van der Waals surface area contributed by atoms with Gasteiger partial charge in [-0.25, -0.2) is 15.0 Å². The van der Waals surface area contributed by atoms with E-state index in [1.54, 1.807) is 6.20 Å². The maximum absolute atomic E-state index is 5.55. The standard InChI is InChI=1S/C14H14N4/c1-8-3-4-10-5-11-7-16-12(6-15)17-14(11)18-13(10)9(8)2/h3-5,7H,6,15H2,1-2H3. The Bertz CT molecular complexity index is 749. The minimum absolute atomic E-state index is 0.336. The van der Waals surface area contributed by atoms with Crippen LogP contribution in [-0.2, 0) is 6.54 Å². The molecule has 0 unspecified atom stereocenters. The fraction of sp³-hybridized carbons (Fsp3) is 0.214. The summed E-state index contributed by atoms with van der Waals surface area (Å²) in [5.41, 5.74) is 9.71. The molecule has 3 rings (SSSR count). The van der Waals surface area contributed by atoms with Gasteiger partial charge in [-0.15, -0.1) is 0 Å². The van der Waals surface area contributed by atoms with Gasteiger partial charge in [0.1, 0.15) is 5.82 Å². The van der Waals surface area contributed by atoms with E-state index >= 15 is 0 Å². The molecule has 4 nitrogen and oxygen atoms in total. The number of fused-ring (bicyclic) bond motifs is 2. The molecule has 0 aliphatic heterocycles. The molecule has 2 heterocycles. The van der Waals surface area contributed by atoms with Gasteiger partial charge in [0.15, 0.2) is 5.65 Å². The molecule has 0 fully saturated rings. The molecule has 0 amide bonds. The highest BCUT2D eigenvalue weighted by molar-refractivity contribution is 5.92. The van der Waals surface area contributed by atoms with Gasteiger partial charge in [0, 0.05) is 17.0 Å². The highest BCUT2D eigenvalue weighted by Gasteiger charge is 2.06. The first-order valence-corrected chi connectivity index (χ1v) is 5.91. The predicted octanol–water partition coefficient (Wildman–Crippen LogP) is 2.25. The first kappa shape index (κ1) is 11.0. The summed E-state index contributed by atoms with van der Waals surface area (Å²) >= 11 is 0. The summed E-state index contributed by atoms with van der Waals surface area (Å²) in [7, 11) is 0. The Morgan fingerprint density at radius 2 is 1.94 bits per heavy atom. The van der Waals surface area contributed by atoms with E-state index in [0.29, 0.717) is 18.0 Å². The number of benzene rings is 1. The van der Waals surface area contributed by atoms with E-state index in [0.717, 1.165) is 16.3 Å². The van der Waals surface area contributed by atoms with Crippen LogP contribution in [0.15, 0.2) is 24.4 Å². The van der Waals surface area contributed by atoms with E-state index in [1.165, 1.54) is 11.1 Å². The van der Waals surface area contributed by atoms with Crippen LogP contribution in [0.4, 0.5) is 0 Å². The van der Waals surface area contributed by atoms with Crippen molar-refractivity contribution in [3.63, 3.8) is 0 Å². The first-order valence-electron chi connectivity index (χ1n) is 5.91. The van der Waals surface area contributed by atoms with Gasteiger partial charge in [0.25, 0.3) is 0 Å². The number of aromatic nitrogens is 3. The molecular weight excluding hydrogens is 224 g/mol. The third-order valence-electron chi connectivity index (χ3n) is 3.29. The zero-order chi connectivity index (χ0) is 12.7. The second-order valence-electron chi connectivity index (χ2n) is 4.47. The maximum atomic E-state index is 5.55. The molecule has 0 aliphatic rings. The van der Waals surface area contributed by atoms with Crippen molar-refractivity contribution in [3.05, 3.63) is 41.3 Å². The molecule has 90 valence electrons. The average molecular weight is 238 g/mol. The summed E-state index contributed by atoms with van der Waals surface area (Å²) < 4.78 is 0. The maximum Gasteiger partial charge on any atom is 0.163 e. The number of aryl methyl sites for hydroxylation is 2. The molecule has 0 aliphatic carbocycles. The molecule has 0 atom stereocenters. The van der Waals surface area contributed by atoms with Crippen LogP contribution in [0.2, 0.25) is 0 Å². The topological polar surface area (TPSA) is 64.7 Å². The molecule has 0 saturated carbocycles. The zero-order valence-electron chi connectivity index (χ0n) is 10.4. The van der Waals surface area contributed by atoms with Gasteiger partial charge in [-0.2, -0.15) is 0 Å². The second-order valence-corrected chi connectivity index (χ2v) is 4.47. The lowest BCUT2D eigenvalue weighted by molar-refractivity contribution is 0.922. The SMILES string of the molecule is Cc1ccc2cc3cnc(CN)nc3nc2c1C. The van der Waals surface area contributed by atoms with Crippen LogP contribution in [0, 0.1) is 13.8 Å². The first-order chi connectivity index (χ1) is 8.69. The van der Waals surface area contributed by atoms with Crippen LogP contribution < -0.4 is 5.73 Å². The van der Waals surface area contributed by atoms with Crippen molar-refractivity contribution in [1.29, 1.82) is 0 Å². The molecular formula is C14H14N4. The molecule has 1 aromatic carbocycles. The van der Waals surface area contributed by atoms with Crippen LogP contribution >= 0.6 is 0 Å². The minimum atomic E-state index is 0.336. The Morgan fingerprint density at radius 1 is 1.11 bits per heavy atom. The molecule has 0 radical (unpaired) electrons. The highest BCUT2D eigenvalue weighted by atomic mass is 15.0. The van der Waals surface area contributed by atoms with Crippen LogP contribution in [0.5, 0.6) is 0 Å². The number of rotatable bonds is 1. The van der Waals surface area contributed by atoms with E-state index in [-0.39, 0.29) is 0 Å². The summed E-state index contributed by atoms with van der Waals surface area (Å²) in [4.78, 5) is 13.2. The van der Waals surface area contributed by atoms with Crippen molar-refractivity contribution in [1.82, 2.24) is 15.0 Å². The Balaban J connectivity index is 2.40. The smallest absolute Gasteiger partial charge is 0.163 e. The van der Waals surface area contributed by atoms with E-state index < -0.39 is 0 Å². The summed E-state index contributed by atoms with van der Waals surface area (Å²) in [6.45, 7) is 4.51. The highest BCUT2D eigenvalue weighted by Crippen LogP contribution is 2.22. The van der Waals surface area contributed by atoms with Gasteiger partial charge in [-0.05, 0) is 31.0 Å². The summed E-state index contributed by atoms with van der Waals surface area (Å²) in [5, 5.41) is 2.07. The Morgan fingerprint density at radius 3 is 2.72 bits per heavy atom. The second kappa shape index (κ2) is 3.99. The summed E-state index contributed by atoms with van der Waals surface area (Å²) in [5.74, 6) is 0.625. The van der Waals surface area contributed by atoms with Crippen molar-refractivity contribution >= 4 is 21.9 Å². The Labute approximate surface area is 105 Å². The van der Waals surface area contributed by atoms with E-state index in [2.05, 4.69) is 47.0 Å². The Hall–Kier alpha value is -2.07. The molecule has 2 aromatic heterocycles. The van der Waals surface area contributed by atoms with Gasteiger partial charge in [0.05, 0.1) is 12.1 Å². The van der Waals surface area contributed by atoms with Gasteiger partial charge in [-0.1, -0.05) is 12.1 Å². The minimum Gasteiger partial charge on any atom is -0.324 e. The summed E-state index contributed by atoms with van der Waals surface area (Å²) in [6, 6.07) is 6.27. The van der Waals surface area contributed by atoms with Gasteiger partial charge in [-0.3, -0.25) is 0 Å². The van der Waals surface area contributed by atoms with Crippen molar-refractivity contribution in [2.75, 3.05) is 0 Å². The van der Waals surface area contributed by atoms with Crippen LogP contribution in [-0.4, -0.2) is 15.0 Å². The molecule has 0 bridgehead atoms. The molecule has 0 spiro atoms. The fourth-order valence-corrected chi connectivity index (χ4v) is 2.07. The quantitative estimate of drug-likeness (QED) is 0.660. The van der Waals surface area contributed by atoms with Crippen molar-refractivity contribution in [2.45, 2.75) is 20.4 Å². The largest absolute Gasteiger partial charge is 0.324 e. The number of nitrogens with two attached hydrogens (primary N) is 1. The van der Waals surface area contributed by atoms with Crippen molar-refractivity contribution in [3.8, 4) is 0 Å².